The molecule has 0 N–H and O–H groups in total. The number of nitrogens with zero attached hydrogens (tertiary/aromatic N) is 7. The molecule has 7 nitrogen and oxygen atoms in total. The molecular weight excluding hydrogens is 699 g/mol. The molecule has 0 saturated heterocycles. The third kappa shape index (κ3) is 5.60. The van der Waals surface area contributed by atoms with Crippen molar-refractivity contribution in [1.82, 2.24) is 34.5 Å². The van der Waals surface area contributed by atoms with E-state index >= 15 is 0 Å². The molecule has 0 atom stereocenters. The molecule has 57 heavy (non-hydrogen) atoms. The molecule has 0 unspecified atom stereocenters. The lowest BCUT2D eigenvalue weighted by Gasteiger charge is -2.13. The van der Waals surface area contributed by atoms with E-state index in [9.17, 15) is 0 Å². The van der Waals surface area contributed by atoms with E-state index in [0.717, 1.165) is 61.1 Å². The van der Waals surface area contributed by atoms with Gasteiger partial charge in [0.15, 0.2) is 17.5 Å². The summed E-state index contributed by atoms with van der Waals surface area (Å²) in [6.45, 7) is 0. The summed E-state index contributed by atoms with van der Waals surface area (Å²) in [5.74, 6) is 1.69. The van der Waals surface area contributed by atoms with Crippen LogP contribution < -0.4 is 0 Å². The van der Waals surface area contributed by atoms with E-state index < -0.39 is 0 Å². The minimum atomic E-state index is 0.556. The van der Waals surface area contributed by atoms with Gasteiger partial charge in [0, 0.05) is 79.7 Å². The van der Waals surface area contributed by atoms with E-state index in [4.69, 9.17) is 19.9 Å². The standard InChI is InChI=1S/C50H31N7/c1-2-15-38(16-3-1)57-43-20-7-5-18-40(43)46-44(57)26-25-41-45(46)39-17-4-6-19-42(39)53-47(41)35-12-8-11-34(29-35)32-21-23-33(24-22-32)48-54-49(36-13-9-27-51-30-36)56-50(55-48)37-14-10-28-52-31-37/h1-31H. The highest BCUT2D eigenvalue weighted by Crippen LogP contribution is 2.42. The van der Waals surface area contributed by atoms with E-state index in [2.05, 4.69) is 154 Å². The van der Waals surface area contributed by atoms with Crippen molar-refractivity contribution in [3.05, 3.63) is 189 Å². The largest absolute Gasteiger partial charge is 0.309 e. The molecule has 0 bridgehead atoms. The van der Waals surface area contributed by atoms with Crippen molar-refractivity contribution in [2.24, 2.45) is 0 Å². The van der Waals surface area contributed by atoms with Gasteiger partial charge in [0.25, 0.3) is 0 Å². The smallest absolute Gasteiger partial charge is 0.165 e. The number of hydrogen-bond donors (Lipinski definition) is 0. The van der Waals surface area contributed by atoms with Crippen molar-refractivity contribution in [3.63, 3.8) is 0 Å². The number of pyridine rings is 3. The number of hydrogen-bond acceptors (Lipinski definition) is 6. The lowest BCUT2D eigenvalue weighted by atomic mass is 9.94. The second-order valence-electron chi connectivity index (χ2n) is 14.0. The van der Waals surface area contributed by atoms with Gasteiger partial charge in [-0.05, 0) is 71.8 Å². The summed E-state index contributed by atoms with van der Waals surface area (Å²) in [5.41, 5.74) is 11.1. The number of benzene rings is 6. The highest BCUT2D eigenvalue weighted by molar-refractivity contribution is 6.29. The van der Waals surface area contributed by atoms with Crippen LogP contribution in [0.1, 0.15) is 0 Å². The summed E-state index contributed by atoms with van der Waals surface area (Å²) in [5, 5.41) is 5.92. The summed E-state index contributed by atoms with van der Waals surface area (Å²) in [4.78, 5) is 28.5. The van der Waals surface area contributed by atoms with E-state index in [1.54, 1.807) is 24.8 Å². The average Bonchev–Trinajstić information content (AvgIpc) is 3.64. The maximum absolute atomic E-state index is 5.34. The van der Waals surface area contributed by atoms with Gasteiger partial charge in [0.1, 0.15) is 0 Å². The predicted molar refractivity (Wildman–Crippen MR) is 230 cm³/mol. The molecule has 5 heterocycles. The Labute approximate surface area is 327 Å². The van der Waals surface area contributed by atoms with Crippen LogP contribution in [0.25, 0.3) is 106 Å². The molecule has 0 saturated carbocycles. The van der Waals surface area contributed by atoms with Gasteiger partial charge < -0.3 is 4.57 Å². The summed E-state index contributed by atoms with van der Waals surface area (Å²) < 4.78 is 2.37. The Hall–Kier alpha value is -7.90. The molecule has 0 spiro atoms. The van der Waals surface area contributed by atoms with Crippen molar-refractivity contribution in [3.8, 4) is 62.2 Å². The first-order valence-electron chi connectivity index (χ1n) is 18.8. The molecular formula is C50H31N7. The normalized spacial score (nSPS) is 11.5. The number of para-hydroxylation sites is 3. The van der Waals surface area contributed by atoms with Gasteiger partial charge in [-0.15, -0.1) is 0 Å². The van der Waals surface area contributed by atoms with E-state index in [0.29, 0.717) is 17.5 Å². The molecule has 11 rings (SSSR count). The van der Waals surface area contributed by atoms with Crippen LogP contribution in [0.5, 0.6) is 0 Å². The van der Waals surface area contributed by atoms with Crippen molar-refractivity contribution in [2.75, 3.05) is 0 Å². The van der Waals surface area contributed by atoms with Gasteiger partial charge in [-0.1, -0.05) is 103 Å². The van der Waals surface area contributed by atoms with E-state index in [-0.39, 0.29) is 0 Å². The molecule has 6 aromatic carbocycles. The predicted octanol–water partition coefficient (Wildman–Crippen LogP) is 11.8. The maximum Gasteiger partial charge on any atom is 0.165 e. The van der Waals surface area contributed by atoms with Crippen LogP contribution in [0.2, 0.25) is 0 Å². The van der Waals surface area contributed by atoms with Gasteiger partial charge in [0.2, 0.25) is 0 Å². The third-order valence-electron chi connectivity index (χ3n) is 10.6. The minimum Gasteiger partial charge on any atom is -0.309 e. The second-order valence-corrected chi connectivity index (χ2v) is 14.0. The van der Waals surface area contributed by atoms with Crippen molar-refractivity contribution in [2.45, 2.75) is 0 Å². The molecule has 0 aliphatic rings. The monoisotopic (exact) mass is 729 g/mol. The Morgan fingerprint density at radius 1 is 0.351 bits per heavy atom. The third-order valence-corrected chi connectivity index (χ3v) is 10.6. The first-order chi connectivity index (χ1) is 28.3. The first kappa shape index (κ1) is 32.5. The zero-order valence-corrected chi connectivity index (χ0v) is 30.5. The summed E-state index contributed by atoms with van der Waals surface area (Å²) in [6, 6.07) is 57.1. The van der Waals surface area contributed by atoms with E-state index in [1.165, 1.54) is 27.2 Å². The number of aromatic nitrogens is 7. The van der Waals surface area contributed by atoms with Crippen LogP contribution in [0.15, 0.2) is 189 Å². The Morgan fingerprint density at radius 3 is 1.68 bits per heavy atom. The Balaban J connectivity index is 1.04. The second kappa shape index (κ2) is 13.4. The zero-order chi connectivity index (χ0) is 37.7. The van der Waals surface area contributed by atoms with Crippen molar-refractivity contribution < 1.29 is 0 Å². The minimum absolute atomic E-state index is 0.556. The van der Waals surface area contributed by atoms with Gasteiger partial charge in [-0.3, -0.25) is 9.97 Å². The van der Waals surface area contributed by atoms with Crippen molar-refractivity contribution >= 4 is 43.5 Å². The number of fused-ring (bicyclic) bond motifs is 7. The molecule has 0 amide bonds. The Morgan fingerprint density at radius 2 is 0.965 bits per heavy atom. The van der Waals surface area contributed by atoms with Gasteiger partial charge >= 0.3 is 0 Å². The van der Waals surface area contributed by atoms with Crippen LogP contribution in [-0.4, -0.2) is 34.5 Å². The fourth-order valence-corrected chi connectivity index (χ4v) is 7.99. The summed E-state index contributed by atoms with van der Waals surface area (Å²) >= 11 is 0. The molecule has 11 aromatic rings. The molecule has 5 aromatic heterocycles. The number of rotatable bonds is 6. The molecule has 0 aliphatic heterocycles. The van der Waals surface area contributed by atoms with Crippen LogP contribution >= 0.6 is 0 Å². The van der Waals surface area contributed by atoms with Crippen LogP contribution in [-0.2, 0) is 0 Å². The molecule has 0 aliphatic carbocycles. The molecule has 0 radical (unpaired) electrons. The fourth-order valence-electron chi connectivity index (χ4n) is 7.99. The fraction of sp³-hybridized carbons (Fsp3) is 0. The molecule has 0 fully saturated rings. The maximum atomic E-state index is 5.34. The Bertz CT molecular complexity index is 3210. The SMILES string of the molecule is c1ccc(-n2c3ccccc3c3c4c(ccc32)c(-c2cccc(-c3ccc(-c5nc(-c6cccnc6)nc(-c6cccnc6)n5)cc3)c2)nc2ccccc24)cc1. The lowest BCUT2D eigenvalue weighted by Crippen LogP contribution is -2.00. The van der Waals surface area contributed by atoms with E-state index in [1.807, 2.05) is 24.3 Å². The van der Waals surface area contributed by atoms with Gasteiger partial charge in [0.05, 0.1) is 22.2 Å². The highest BCUT2D eigenvalue weighted by Gasteiger charge is 2.20. The topological polar surface area (TPSA) is 82.3 Å². The molecule has 266 valence electrons. The summed E-state index contributed by atoms with van der Waals surface area (Å²) in [6.07, 6.45) is 7.01. The summed E-state index contributed by atoms with van der Waals surface area (Å²) in [7, 11) is 0. The first-order valence-corrected chi connectivity index (χ1v) is 18.8. The van der Waals surface area contributed by atoms with Crippen molar-refractivity contribution in [1.29, 1.82) is 0 Å². The quantitative estimate of drug-likeness (QED) is 0.158. The zero-order valence-electron chi connectivity index (χ0n) is 30.5. The van der Waals surface area contributed by atoms with Crippen LogP contribution in [0.4, 0.5) is 0 Å². The van der Waals surface area contributed by atoms with Gasteiger partial charge in [-0.2, -0.15) is 0 Å². The Kier molecular flexibility index (Phi) is 7.67. The lowest BCUT2D eigenvalue weighted by molar-refractivity contribution is 1.07. The molecule has 7 heteroatoms. The van der Waals surface area contributed by atoms with Crippen LogP contribution in [0.3, 0.4) is 0 Å². The highest BCUT2D eigenvalue weighted by atomic mass is 15.0. The van der Waals surface area contributed by atoms with Crippen LogP contribution in [0, 0.1) is 0 Å². The average molecular weight is 730 g/mol. The van der Waals surface area contributed by atoms with Gasteiger partial charge in [-0.25, -0.2) is 19.9 Å².